The topological polar surface area (TPSA) is 49.3 Å². The maximum Gasteiger partial charge on any atom is 0.193 e. The predicted octanol–water partition coefficient (Wildman–Crippen LogP) is 2.81. The summed E-state index contributed by atoms with van der Waals surface area (Å²) in [6.07, 6.45) is 2.04. The van der Waals surface area contributed by atoms with Gasteiger partial charge in [0.05, 0.1) is 14.2 Å². The van der Waals surface area contributed by atoms with E-state index in [1.54, 1.807) is 14.2 Å². The molecule has 3 rings (SSSR count). The van der Waals surface area contributed by atoms with E-state index in [0.29, 0.717) is 0 Å². The molecule has 0 aromatic heterocycles. The molecular weight excluding hydrogens is 376 g/mol. The minimum Gasteiger partial charge on any atom is -0.493 e. The van der Waals surface area contributed by atoms with Gasteiger partial charge in [0.25, 0.3) is 0 Å². The van der Waals surface area contributed by atoms with E-state index in [9.17, 15) is 0 Å². The Hall–Kier alpha value is -2.73. The molecule has 1 heterocycles. The number of hydrogen-bond acceptors (Lipinski definition) is 4. The summed E-state index contributed by atoms with van der Waals surface area (Å²) >= 11 is 0. The van der Waals surface area contributed by atoms with E-state index in [1.165, 1.54) is 16.7 Å². The van der Waals surface area contributed by atoms with Crippen LogP contribution in [0.15, 0.2) is 47.5 Å². The van der Waals surface area contributed by atoms with E-state index in [1.807, 2.05) is 19.2 Å². The van der Waals surface area contributed by atoms with E-state index >= 15 is 0 Å². The summed E-state index contributed by atoms with van der Waals surface area (Å²) < 4.78 is 10.7. The summed E-state index contributed by atoms with van der Waals surface area (Å²) in [5.74, 6) is 2.45. The molecule has 0 aliphatic carbocycles. The van der Waals surface area contributed by atoms with Gasteiger partial charge in [0.1, 0.15) is 0 Å². The van der Waals surface area contributed by atoms with Gasteiger partial charge in [-0.25, -0.2) is 0 Å². The zero-order chi connectivity index (χ0) is 21.3. The predicted molar refractivity (Wildman–Crippen MR) is 123 cm³/mol. The Morgan fingerprint density at radius 3 is 2.60 bits per heavy atom. The minimum atomic E-state index is 0.757. The molecule has 162 valence electrons. The number of rotatable bonds is 8. The highest BCUT2D eigenvalue weighted by atomic mass is 16.5. The van der Waals surface area contributed by atoms with Crippen LogP contribution in [0.4, 0.5) is 0 Å². The normalized spacial score (nSPS) is 14.2. The highest BCUT2D eigenvalue weighted by Crippen LogP contribution is 2.27. The van der Waals surface area contributed by atoms with Crippen LogP contribution in [0.3, 0.4) is 0 Å². The van der Waals surface area contributed by atoms with Crippen LogP contribution in [0.5, 0.6) is 11.5 Å². The second-order valence-electron chi connectivity index (χ2n) is 7.63. The van der Waals surface area contributed by atoms with Crippen molar-refractivity contribution >= 4 is 5.96 Å². The van der Waals surface area contributed by atoms with Gasteiger partial charge < -0.3 is 19.7 Å². The molecule has 0 fully saturated rings. The van der Waals surface area contributed by atoms with Gasteiger partial charge in [0.15, 0.2) is 17.5 Å². The van der Waals surface area contributed by atoms with Crippen molar-refractivity contribution in [2.75, 3.05) is 54.5 Å². The summed E-state index contributed by atoms with van der Waals surface area (Å²) in [7, 11) is 7.24. The lowest BCUT2D eigenvalue weighted by Gasteiger charge is -2.29. The number of hydrogen-bond donors (Lipinski definition) is 1. The lowest BCUT2D eigenvalue weighted by molar-refractivity contribution is 0.257. The third-order valence-electron chi connectivity index (χ3n) is 5.68. The molecule has 1 aliphatic heterocycles. The van der Waals surface area contributed by atoms with Gasteiger partial charge in [-0.2, -0.15) is 0 Å². The molecular formula is C24H34N4O2. The maximum absolute atomic E-state index is 5.41. The van der Waals surface area contributed by atoms with Gasteiger partial charge in [0.2, 0.25) is 0 Å². The fourth-order valence-electron chi connectivity index (χ4n) is 3.89. The molecule has 0 atom stereocenters. The second-order valence-corrected chi connectivity index (χ2v) is 7.63. The fraction of sp³-hybridized carbons (Fsp3) is 0.458. The van der Waals surface area contributed by atoms with Gasteiger partial charge in [0, 0.05) is 46.8 Å². The molecule has 2 aromatic carbocycles. The zero-order valence-corrected chi connectivity index (χ0v) is 18.6. The molecule has 0 unspecified atom stereocenters. The molecule has 1 N–H and O–H groups in total. The van der Waals surface area contributed by atoms with Crippen LogP contribution in [0.1, 0.15) is 16.7 Å². The molecule has 2 aromatic rings. The summed E-state index contributed by atoms with van der Waals surface area (Å²) in [4.78, 5) is 9.12. The van der Waals surface area contributed by atoms with Crippen molar-refractivity contribution in [1.29, 1.82) is 0 Å². The zero-order valence-electron chi connectivity index (χ0n) is 18.6. The number of nitrogens with zero attached hydrogens (tertiary/aromatic N) is 3. The van der Waals surface area contributed by atoms with Crippen LogP contribution in [-0.4, -0.2) is 70.3 Å². The highest BCUT2D eigenvalue weighted by molar-refractivity contribution is 5.79. The van der Waals surface area contributed by atoms with Crippen molar-refractivity contribution in [2.24, 2.45) is 4.99 Å². The highest BCUT2D eigenvalue weighted by Gasteiger charge is 2.15. The number of nitrogens with one attached hydrogen (secondary N) is 1. The number of guanidine groups is 1. The minimum absolute atomic E-state index is 0.757. The van der Waals surface area contributed by atoms with Crippen LogP contribution in [-0.2, 0) is 19.4 Å². The quantitative estimate of drug-likeness (QED) is 0.536. The average Bonchev–Trinajstić information content (AvgIpc) is 2.79. The Bertz CT molecular complexity index is 853. The Morgan fingerprint density at radius 2 is 1.87 bits per heavy atom. The molecule has 0 bridgehead atoms. The van der Waals surface area contributed by atoms with Crippen molar-refractivity contribution in [3.8, 4) is 11.5 Å². The van der Waals surface area contributed by atoms with Gasteiger partial charge in [-0.1, -0.05) is 30.3 Å². The average molecular weight is 411 g/mol. The van der Waals surface area contributed by atoms with Crippen LogP contribution in [0.25, 0.3) is 0 Å². The molecule has 0 saturated heterocycles. The maximum atomic E-state index is 5.41. The summed E-state index contributed by atoms with van der Waals surface area (Å²) in [5, 5.41) is 3.51. The number of fused-ring (bicyclic) bond motifs is 1. The SMILES string of the molecule is CN=C(NCCN1CCc2ccccc2C1)N(C)CCc1ccc(OC)c(OC)c1. The number of likely N-dealkylation sites (N-methyl/N-ethyl adjacent to an activating group) is 1. The monoisotopic (exact) mass is 410 g/mol. The van der Waals surface area contributed by atoms with Crippen molar-refractivity contribution < 1.29 is 9.47 Å². The van der Waals surface area contributed by atoms with Gasteiger partial charge in [-0.15, -0.1) is 0 Å². The number of ether oxygens (including phenoxy) is 2. The van der Waals surface area contributed by atoms with E-state index in [0.717, 1.165) is 63.0 Å². The van der Waals surface area contributed by atoms with Gasteiger partial charge in [-0.05, 0) is 41.7 Å². The fourth-order valence-corrected chi connectivity index (χ4v) is 3.89. The summed E-state index contributed by atoms with van der Waals surface area (Å²) in [5.41, 5.74) is 4.16. The Labute approximate surface area is 180 Å². The largest absolute Gasteiger partial charge is 0.493 e. The Kier molecular flexibility index (Phi) is 7.97. The molecule has 6 heteroatoms. The molecule has 1 aliphatic rings. The van der Waals surface area contributed by atoms with E-state index in [2.05, 4.69) is 57.5 Å². The molecule has 0 spiro atoms. The van der Waals surface area contributed by atoms with Gasteiger partial charge in [-0.3, -0.25) is 9.89 Å². The summed E-state index contributed by atoms with van der Waals surface area (Å²) in [6, 6.07) is 14.8. The van der Waals surface area contributed by atoms with Crippen molar-refractivity contribution in [2.45, 2.75) is 19.4 Å². The number of methoxy groups -OCH3 is 2. The van der Waals surface area contributed by atoms with E-state index < -0.39 is 0 Å². The van der Waals surface area contributed by atoms with Gasteiger partial charge >= 0.3 is 0 Å². The van der Waals surface area contributed by atoms with Crippen molar-refractivity contribution in [1.82, 2.24) is 15.1 Å². The first-order chi connectivity index (χ1) is 14.6. The van der Waals surface area contributed by atoms with Crippen molar-refractivity contribution in [3.05, 3.63) is 59.2 Å². The number of aliphatic imine (C=N–C) groups is 1. The molecule has 30 heavy (non-hydrogen) atoms. The Morgan fingerprint density at radius 1 is 1.10 bits per heavy atom. The summed E-state index contributed by atoms with van der Waals surface area (Å²) in [6.45, 7) is 4.91. The van der Waals surface area contributed by atoms with Crippen LogP contribution >= 0.6 is 0 Å². The standard InChI is InChI=1S/C24H34N4O2/c1-25-24(26-13-16-28-15-12-20-7-5-6-8-21(20)18-28)27(2)14-11-19-9-10-22(29-3)23(17-19)30-4/h5-10,17H,11-16,18H2,1-4H3,(H,25,26). The molecule has 0 amide bonds. The van der Waals surface area contributed by atoms with E-state index in [-0.39, 0.29) is 0 Å². The lowest BCUT2D eigenvalue weighted by Crippen LogP contribution is -2.44. The van der Waals surface area contributed by atoms with Crippen LogP contribution in [0, 0.1) is 0 Å². The van der Waals surface area contributed by atoms with Crippen molar-refractivity contribution in [3.63, 3.8) is 0 Å². The molecule has 6 nitrogen and oxygen atoms in total. The molecule has 0 radical (unpaired) electrons. The molecule has 0 saturated carbocycles. The smallest absolute Gasteiger partial charge is 0.193 e. The van der Waals surface area contributed by atoms with Crippen LogP contribution < -0.4 is 14.8 Å². The first kappa shape index (κ1) is 22.0. The number of benzene rings is 2. The third kappa shape index (κ3) is 5.66. The van der Waals surface area contributed by atoms with Crippen LogP contribution in [0.2, 0.25) is 0 Å². The third-order valence-corrected chi connectivity index (χ3v) is 5.68. The first-order valence-corrected chi connectivity index (χ1v) is 10.6. The second kappa shape index (κ2) is 10.9. The lowest BCUT2D eigenvalue weighted by atomic mass is 10.00. The Balaban J connectivity index is 1.45. The first-order valence-electron chi connectivity index (χ1n) is 10.6. The van der Waals surface area contributed by atoms with E-state index in [4.69, 9.17) is 9.47 Å².